The smallest absolute Gasteiger partial charge is 0.255 e. The first kappa shape index (κ1) is 28.9. The van der Waals surface area contributed by atoms with Crippen LogP contribution in [0.4, 0.5) is 11.4 Å². The van der Waals surface area contributed by atoms with Crippen molar-refractivity contribution in [1.82, 2.24) is 14.7 Å². The summed E-state index contributed by atoms with van der Waals surface area (Å²) in [4.78, 5) is 20.6. The first-order chi connectivity index (χ1) is 19.4. The molecule has 0 atom stereocenters. The fourth-order valence-corrected chi connectivity index (χ4v) is 7.09. The molecule has 3 saturated heterocycles. The van der Waals surface area contributed by atoms with Crippen molar-refractivity contribution in [2.24, 2.45) is 0 Å². The van der Waals surface area contributed by atoms with Gasteiger partial charge in [-0.25, -0.2) is 8.42 Å². The molecule has 3 heterocycles. The summed E-state index contributed by atoms with van der Waals surface area (Å²) in [6, 6.07) is 14.2. The van der Waals surface area contributed by atoms with Gasteiger partial charge in [0.05, 0.1) is 16.1 Å². The molecule has 2 N–H and O–H groups in total. The molecule has 0 saturated carbocycles. The molecule has 0 spiro atoms. The quantitative estimate of drug-likeness (QED) is 0.443. The number of likely N-dealkylation sites (tertiary alicyclic amines) is 3. The Morgan fingerprint density at radius 2 is 1.52 bits per heavy atom. The summed E-state index contributed by atoms with van der Waals surface area (Å²) in [5.41, 5.74) is 3.10. The molecule has 5 rings (SSSR count). The molecule has 0 aliphatic carbocycles. The minimum atomic E-state index is -3.55. The number of amides is 1. The molecule has 3 aliphatic rings. The van der Waals surface area contributed by atoms with Crippen LogP contribution < -0.4 is 10.6 Å². The van der Waals surface area contributed by atoms with Crippen LogP contribution >= 0.6 is 0 Å². The minimum absolute atomic E-state index is 0.0750. The number of hydrogen-bond donors (Lipinski definition) is 2. The van der Waals surface area contributed by atoms with E-state index in [4.69, 9.17) is 0 Å². The highest BCUT2D eigenvalue weighted by atomic mass is 32.2. The van der Waals surface area contributed by atoms with Crippen LogP contribution in [0.3, 0.4) is 0 Å². The predicted molar refractivity (Wildman–Crippen MR) is 162 cm³/mol. The number of nitrogens with zero attached hydrogens (tertiary/aromatic N) is 3. The molecule has 9 heteroatoms. The zero-order valence-electron chi connectivity index (χ0n) is 23.9. The lowest BCUT2D eigenvalue weighted by Crippen LogP contribution is -2.39. The molecule has 2 aromatic rings. The molecule has 3 fully saturated rings. The first-order valence-electron chi connectivity index (χ1n) is 15.0. The van der Waals surface area contributed by atoms with E-state index >= 15 is 0 Å². The fourth-order valence-electron chi connectivity index (χ4n) is 6.24. The van der Waals surface area contributed by atoms with Gasteiger partial charge < -0.3 is 20.4 Å². The second-order valence-electron chi connectivity index (χ2n) is 11.7. The van der Waals surface area contributed by atoms with E-state index in [1.165, 1.54) is 24.7 Å². The number of nitrogens with one attached hydrogen (secondary N) is 2. The minimum Gasteiger partial charge on any atom is -0.383 e. The van der Waals surface area contributed by atoms with Crippen molar-refractivity contribution in [3.8, 4) is 0 Å². The highest BCUT2D eigenvalue weighted by Crippen LogP contribution is 2.32. The molecule has 0 aromatic heterocycles. The third-order valence-electron chi connectivity index (χ3n) is 8.53. The summed E-state index contributed by atoms with van der Waals surface area (Å²) >= 11 is 0. The molecule has 218 valence electrons. The summed E-state index contributed by atoms with van der Waals surface area (Å²) in [5, 5.41) is 7.10. The Morgan fingerprint density at radius 1 is 0.850 bits per heavy atom. The third-order valence-corrected chi connectivity index (χ3v) is 9.67. The number of anilines is 2. The van der Waals surface area contributed by atoms with Gasteiger partial charge in [-0.15, -0.1) is 0 Å². The first-order valence-corrected chi connectivity index (χ1v) is 16.9. The highest BCUT2D eigenvalue weighted by Gasteiger charge is 2.27. The molecule has 2 aromatic carbocycles. The Morgan fingerprint density at radius 3 is 2.20 bits per heavy atom. The summed E-state index contributed by atoms with van der Waals surface area (Å²) in [5.74, 6) is -0.0750. The topological polar surface area (TPSA) is 85.0 Å². The zero-order chi connectivity index (χ0) is 28.0. The van der Waals surface area contributed by atoms with Gasteiger partial charge in [0.1, 0.15) is 0 Å². The molecule has 40 heavy (non-hydrogen) atoms. The number of benzene rings is 2. The summed E-state index contributed by atoms with van der Waals surface area (Å²) in [6.45, 7) is 8.14. The number of carbonyl (C=O) groups is 1. The molecule has 3 aliphatic heterocycles. The molecule has 1 amide bonds. The van der Waals surface area contributed by atoms with E-state index in [-0.39, 0.29) is 16.8 Å². The van der Waals surface area contributed by atoms with Gasteiger partial charge in [-0.1, -0.05) is 30.3 Å². The lowest BCUT2D eigenvalue weighted by Gasteiger charge is -2.33. The SMILES string of the molecule is CS(=O)(=O)c1cc(C(=O)N2CCCCC2)c(NCCN2CCCC2)cc1NC1CCN(Cc2ccccc2)CC1. The monoisotopic (exact) mass is 567 g/mol. The van der Waals surface area contributed by atoms with Crippen LogP contribution in [0.1, 0.15) is 60.9 Å². The van der Waals surface area contributed by atoms with Crippen molar-refractivity contribution in [3.05, 3.63) is 53.6 Å². The largest absolute Gasteiger partial charge is 0.383 e. The maximum atomic E-state index is 13.7. The maximum absolute atomic E-state index is 13.7. The van der Waals surface area contributed by atoms with E-state index in [1.807, 2.05) is 17.0 Å². The van der Waals surface area contributed by atoms with Crippen LogP contribution in [-0.4, -0.2) is 93.7 Å². The number of rotatable bonds is 10. The van der Waals surface area contributed by atoms with Crippen LogP contribution in [-0.2, 0) is 16.4 Å². The van der Waals surface area contributed by atoms with Crippen LogP contribution in [0.15, 0.2) is 47.4 Å². The van der Waals surface area contributed by atoms with Gasteiger partial charge in [0.25, 0.3) is 5.91 Å². The van der Waals surface area contributed by atoms with Crippen molar-refractivity contribution < 1.29 is 13.2 Å². The van der Waals surface area contributed by atoms with Gasteiger partial charge in [0, 0.05) is 63.8 Å². The van der Waals surface area contributed by atoms with Crippen LogP contribution in [0.2, 0.25) is 0 Å². The Balaban J connectivity index is 1.34. The van der Waals surface area contributed by atoms with E-state index in [1.54, 1.807) is 6.07 Å². The fraction of sp³-hybridized carbons (Fsp3) is 0.581. The van der Waals surface area contributed by atoms with E-state index in [0.717, 1.165) is 96.7 Å². The van der Waals surface area contributed by atoms with Gasteiger partial charge in [-0.3, -0.25) is 9.69 Å². The van der Waals surface area contributed by atoms with E-state index in [9.17, 15) is 13.2 Å². The highest BCUT2D eigenvalue weighted by molar-refractivity contribution is 7.90. The van der Waals surface area contributed by atoms with Crippen molar-refractivity contribution in [2.75, 3.05) is 69.2 Å². The summed E-state index contributed by atoms with van der Waals surface area (Å²) in [7, 11) is -3.55. The standard InChI is InChI=1S/C31H45N5O3S/c1-40(38,39)30-22-27(31(37)36-17-6-3-7-18-36)28(32-14-21-34-15-8-9-16-34)23-29(30)33-26-12-19-35(20-13-26)24-25-10-4-2-5-11-25/h2,4-5,10-11,22-23,26,32-33H,3,6-9,12-21,24H2,1H3. The Labute approximate surface area is 240 Å². The Kier molecular flexibility index (Phi) is 9.65. The van der Waals surface area contributed by atoms with Crippen LogP contribution in [0.25, 0.3) is 0 Å². The number of carbonyl (C=O) groups excluding carboxylic acids is 1. The van der Waals surface area contributed by atoms with Gasteiger partial charge in [0.15, 0.2) is 9.84 Å². The number of sulfone groups is 1. The molecule has 0 radical (unpaired) electrons. The summed E-state index contributed by atoms with van der Waals surface area (Å²) < 4.78 is 26.0. The second-order valence-corrected chi connectivity index (χ2v) is 13.7. The van der Waals surface area contributed by atoms with Crippen molar-refractivity contribution in [3.63, 3.8) is 0 Å². The van der Waals surface area contributed by atoms with Gasteiger partial charge >= 0.3 is 0 Å². The van der Waals surface area contributed by atoms with Crippen LogP contribution in [0.5, 0.6) is 0 Å². The lowest BCUT2D eigenvalue weighted by molar-refractivity contribution is 0.0725. The molecular weight excluding hydrogens is 522 g/mol. The van der Waals surface area contributed by atoms with Crippen molar-refractivity contribution in [2.45, 2.75) is 62.4 Å². The molecule has 0 bridgehead atoms. The zero-order valence-corrected chi connectivity index (χ0v) is 24.7. The molecular formula is C31H45N5O3S. The second kappa shape index (κ2) is 13.4. The number of hydrogen-bond acceptors (Lipinski definition) is 7. The average molecular weight is 568 g/mol. The van der Waals surface area contributed by atoms with Crippen molar-refractivity contribution in [1.29, 1.82) is 0 Å². The Bertz CT molecular complexity index is 1230. The molecule has 8 nitrogen and oxygen atoms in total. The van der Waals surface area contributed by atoms with Crippen LogP contribution in [0, 0.1) is 0 Å². The van der Waals surface area contributed by atoms with Gasteiger partial charge in [-0.2, -0.15) is 0 Å². The van der Waals surface area contributed by atoms with Crippen molar-refractivity contribution >= 4 is 27.1 Å². The third kappa shape index (κ3) is 7.56. The normalized spacial score (nSPS) is 19.6. The lowest BCUT2D eigenvalue weighted by atomic mass is 10.0. The Hall–Kier alpha value is -2.62. The number of piperidine rings is 2. The average Bonchev–Trinajstić information content (AvgIpc) is 3.48. The maximum Gasteiger partial charge on any atom is 0.255 e. The van der Waals surface area contributed by atoms with E-state index < -0.39 is 9.84 Å². The van der Waals surface area contributed by atoms with E-state index in [0.29, 0.717) is 11.3 Å². The predicted octanol–water partition coefficient (Wildman–Crippen LogP) is 4.30. The molecule has 0 unspecified atom stereocenters. The summed E-state index contributed by atoms with van der Waals surface area (Å²) in [6.07, 6.45) is 8.69. The van der Waals surface area contributed by atoms with Gasteiger partial charge in [-0.05, 0) is 75.7 Å². The van der Waals surface area contributed by atoms with E-state index in [2.05, 4.69) is 44.7 Å². The van der Waals surface area contributed by atoms with Gasteiger partial charge in [0.2, 0.25) is 0 Å².